The van der Waals surface area contributed by atoms with Crippen molar-refractivity contribution in [3.05, 3.63) is 76.7 Å². The van der Waals surface area contributed by atoms with Crippen LogP contribution in [-0.2, 0) is 13.6 Å². The first-order valence-electron chi connectivity index (χ1n) is 12.2. The van der Waals surface area contributed by atoms with Crippen LogP contribution in [0.1, 0.15) is 40.4 Å². The molecule has 1 aliphatic rings. The Morgan fingerprint density at radius 3 is 2.50 bits per heavy atom. The summed E-state index contributed by atoms with van der Waals surface area (Å²) in [6.45, 7) is 2.92. The molecule has 186 valence electrons. The Kier molecular flexibility index (Phi) is 6.69. The zero-order valence-electron chi connectivity index (χ0n) is 20.9. The van der Waals surface area contributed by atoms with Gasteiger partial charge < -0.3 is 15.2 Å². The molecular formula is C28H31ClN6O. The summed E-state index contributed by atoms with van der Waals surface area (Å²) in [5.41, 5.74) is 12.3. The minimum absolute atomic E-state index is 0.0410. The second-order valence-electron chi connectivity index (χ2n) is 9.74. The third-order valence-corrected chi connectivity index (χ3v) is 7.49. The lowest BCUT2D eigenvalue weighted by molar-refractivity contribution is 0.0827. The molecule has 3 aromatic heterocycles. The minimum atomic E-state index is 0.0410. The average molecular weight is 503 g/mol. The van der Waals surface area contributed by atoms with Crippen LogP contribution in [0.3, 0.4) is 0 Å². The van der Waals surface area contributed by atoms with Gasteiger partial charge in [0.05, 0.1) is 11.4 Å². The molecule has 0 radical (unpaired) electrons. The predicted octanol–water partition coefficient (Wildman–Crippen LogP) is 4.95. The molecule has 36 heavy (non-hydrogen) atoms. The summed E-state index contributed by atoms with van der Waals surface area (Å²) in [7, 11) is 5.63. The summed E-state index contributed by atoms with van der Waals surface area (Å²) >= 11 is 6.19. The van der Waals surface area contributed by atoms with Crippen LogP contribution in [0.25, 0.3) is 22.3 Å². The van der Waals surface area contributed by atoms with Crippen molar-refractivity contribution in [3.8, 4) is 11.3 Å². The van der Waals surface area contributed by atoms with Crippen molar-refractivity contribution in [2.24, 2.45) is 7.05 Å². The normalized spacial score (nSPS) is 14.9. The average Bonchev–Trinajstić information content (AvgIpc) is 3.21. The number of nitrogens with two attached hydrogens (primary N) is 1. The summed E-state index contributed by atoms with van der Waals surface area (Å²) in [6, 6.07) is 16.0. The molecule has 0 spiro atoms. The topological polar surface area (TPSA) is 80.3 Å². The number of carbonyl (C=O) groups excluding carboxylic acids is 1. The van der Waals surface area contributed by atoms with Gasteiger partial charge >= 0.3 is 0 Å². The van der Waals surface area contributed by atoms with E-state index < -0.39 is 0 Å². The number of likely N-dealkylation sites (tertiary alicyclic amines) is 1. The Bertz CT molecular complexity index is 1400. The fourth-order valence-electron chi connectivity index (χ4n) is 5.05. The molecular weight excluding hydrogens is 472 g/mol. The highest BCUT2D eigenvalue weighted by atomic mass is 35.5. The van der Waals surface area contributed by atoms with Gasteiger partial charge in [0, 0.05) is 56.1 Å². The van der Waals surface area contributed by atoms with Crippen LogP contribution in [-0.4, -0.2) is 57.4 Å². The van der Waals surface area contributed by atoms with Crippen molar-refractivity contribution < 1.29 is 4.79 Å². The number of aryl methyl sites for hydroxylation is 1. The summed E-state index contributed by atoms with van der Waals surface area (Å²) in [4.78, 5) is 25.4. The van der Waals surface area contributed by atoms with Gasteiger partial charge in [0.25, 0.3) is 5.91 Å². The molecule has 0 aliphatic carbocycles. The summed E-state index contributed by atoms with van der Waals surface area (Å²) in [6.07, 6.45) is 4.01. The van der Waals surface area contributed by atoms with Gasteiger partial charge in [0.2, 0.25) is 0 Å². The summed E-state index contributed by atoms with van der Waals surface area (Å²) in [5, 5.41) is 1.38. The van der Waals surface area contributed by atoms with Crippen molar-refractivity contribution >= 4 is 34.2 Å². The van der Waals surface area contributed by atoms with E-state index in [0.717, 1.165) is 60.3 Å². The zero-order valence-corrected chi connectivity index (χ0v) is 21.7. The number of anilines is 1. The number of hydrogen-bond acceptors (Lipinski definition) is 5. The molecule has 0 bridgehead atoms. The van der Waals surface area contributed by atoms with E-state index in [0.29, 0.717) is 16.8 Å². The maximum Gasteiger partial charge on any atom is 0.253 e. The van der Waals surface area contributed by atoms with E-state index in [9.17, 15) is 4.79 Å². The third-order valence-electron chi connectivity index (χ3n) is 7.19. The van der Waals surface area contributed by atoms with E-state index in [1.54, 1.807) is 25.1 Å². The van der Waals surface area contributed by atoms with E-state index in [2.05, 4.69) is 44.7 Å². The van der Waals surface area contributed by atoms with Crippen LogP contribution in [0.4, 0.5) is 5.69 Å². The lowest BCUT2D eigenvalue weighted by Crippen LogP contribution is -2.33. The molecule has 4 aromatic rings. The van der Waals surface area contributed by atoms with E-state index >= 15 is 0 Å². The quantitative estimate of drug-likeness (QED) is 0.390. The fraction of sp³-hybridized carbons (Fsp3) is 0.321. The zero-order chi connectivity index (χ0) is 25.4. The standard InChI is InChI=1S/C28H31ClN6O/c1-33(2)28(36)20-6-4-18(5-7-20)19-11-14-35(15-12-19)17-21-16-23-22(10-13-31-27(23)34(21)3)25-9-8-24(30)26(29)32-25/h4-10,13,16,19H,11-12,14-15,17,30H2,1-3H3. The number of rotatable bonds is 5. The first-order valence-corrected chi connectivity index (χ1v) is 12.6. The number of nitrogen functional groups attached to an aromatic ring is 1. The van der Waals surface area contributed by atoms with Crippen LogP contribution >= 0.6 is 11.6 Å². The molecule has 0 atom stereocenters. The number of fused-ring (bicyclic) bond motifs is 1. The smallest absolute Gasteiger partial charge is 0.253 e. The Labute approximate surface area is 216 Å². The van der Waals surface area contributed by atoms with Crippen molar-refractivity contribution in [2.45, 2.75) is 25.3 Å². The van der Waals surface area contributed by atoms with E-state index in [1.807, 2.05) is 30.5 Å². The van der Waals surface area contributed by atoms with Gasteiger partial charge in [-0.1, -0.05) is 23.7 Å². The molecule has 7 nitrogen and oxygen atoms in total. The van der Waals surface area contributed by atoms with Crippen LogP contribution < -0.4 is 5.73 Å². The first-order chi connectivity index (χ1) is 17.3. The Balaban J connectivity index is 1.29. The molecule has 2 N–H and O–H groups in total. The number of benzene rings is 1. The van der Waals surface area contributed by atoms with Crippen molar-refractivity contribution in [1.29, 1.82) is 0 Å². The van der Waals surface area contributed by atoms with E-state index in [-0.39, 0.29) is 5.91 Å². The van der Waals surface area contributed by atoms with Gasteiger partial charge in [-0.3, -0.25) is 9.69 Å². The SMILES string of the molecule is CN(C)C(=O)c1ccc(C2CCN(Cc3cc4c(-c5ccc(N)c(Cl)n5)ccnc4n3C)CC2)cc1. The van der Waals surface area contributed by atoms with Gasteiger partial charge in [0.15, 0.2) is 5.15 Å². The molecule has 1 aliphatic heterocycles. The molecule has 1 aromatic carbocycles. The van der Waals surface area contributed by atoms with Gasteiger partial charge in [-0.25, -0.2) is 9.97 Å². The largest absolute Gasteiger partial charge is 0.396 e. The van der Waals surface area contributed by atoms with Crippen LogP contribution in [0.15, 0.2) is 54.7 Å². The Morgan fingerprint density at radius 2 is 1.83 bits per heavy atom. The maximum atomic E-state index is 12.2. The molecule has 4 heterocycles. The van der Waals surface area contributed by atoms with Gasteiger partial charge in [-0.05, 0) is 73.8 Å². The molecule has 8 heteroatoms. The number of halogens is 1. The van der Waals surface area contributed by atoms with Crippen molar-refractivity contribution in [3.63, 3.8) is 0 Å². The number of hydrogen-bond donors (Lipinski definition) is 1. The highest BCUT2D eigenvalue weighted by Crippen LogP contribution is 2.32. The number of nitrogens with zero attached hydrogens (tertiary/aromatic N) is 5. The maximum absolute atomic E-state index is 12.2. The Morgan fingerprint density at radius 1 is 1.11 bits per heavy atom. The van der Waals surface area contributed by atoms with E-state index in [1.165, 1.54) is 11.3 Å². The number of piperidine rings is 1. The number of carbonyl (C=O) groups is 1. The molecule has 5 rings (SSSR count). The first kappa shape index (κ1) is 24.3. The molecule has 1 amide bonds. The van der Waals surface area contributed by atoms with Crippen LogP contribution in [0, 0.1) is 0 Å². The molecule has 0 unspecified atom stereocenters. The highest BCUT2D eigenvalue weighted by Gasteiger charge is 2.23. The molecule has 1 fully saturated rings. The lowest BCUT2D eigenvalue weighted by atomic mass is 9.89. The van der Waals surface area contributed by atoms with Gasteiger partial charge in [0.1, 0.15) is 5.65 Å². The fourth-order valence-corrected chi connectivity index (χ4v) is 5.20. The number of pyridine rings is 2. The number of aromatic nitrogens is 3. The van der Waals surface area contributed by atoms with E-state index in [4.69, 9.17) is 17.3 Å². The second-order valence-corrected chi connectivity index (χ2v) is 10.1. The number of amides is 1. The molecule has 1 saturated heterocycles. The monoisotopic (exact) mass is 502 g/mol. The highest BCUT2D eigenvalue weighted by molar-refractivity contribution is 6.32. The van der Waals surface area contributed by atoms with Crippen LogP contribution in [0.5, 0.6) is 0 Å². The summed E-state index contributed by atoms with van der Waals surface area (Å²) in [5.74, 6) is 0.561. The van der Waals surface area contributed by atoms with Gasteiger partial charge in [-0.15, -0.1) is 0 Å². The Hall–Kier alpha value is -3.42. The predicted molar refractivity (Wildman–Crippen MR) is 145 cm³/mol. The van der Waals surface area contributed by atoms with Crippen molar-refractivity contribution in [2.75, 3.05) is 32.9 Å². The third kappa shape index (κ3) is 4.68. The molecule has 0 saturated carbocycles. The van der Waals surface area contributed by atoms with Gasteiger partial charge in [-0.2, -0.15) is 0 Å². The van der Waals surface area contributed by atoms with Crippen LogP contribution in [0.2, 0.25) is 5.15 Å². The summed E-state index contributed by atoms with van der Waals surface area (Å²) < 4.78 is 2.17. The van der Waals surface area contributed by atoms with Crippen molar-refractivity contribution in [1.82, 2.24) is 24.3 Å². The minimum Gasteiger partial charge on any atom is -0.396 e. The second kappa shape index (κ2) is 9.91. The lowest BCUT2D eigenvalue weighted by Gasteiger charge is -2.32.